The van der Waals surface area contributed by atoms with E-state index in [2.05, 4.69) is 20.5 Å². The van der Waals surface area contributed by atoms with Gasteiger partial charge in [-0.1, -0.05) is 40.7 Å². The number of benzene rings is 1. The smallest absolute Gasteiger partial charge is 0.280 e. The number of aromatic nitrogens is 5. The van der Waals surface area contributed by atoms with Gasteiger partial charge in [-0.3, -0.25) is 4.79 Å². The molecule has 138 valence electrons. The molecular weight excluding hydrogens is 344 g/mol. The van der Waals surface area contributed by atoms with Crippen LogP contribution in [0.1, 0.15) is 31.7 Å². The third-order valence-electron chi connectivity index (χ3n) is 5.26. The average Bonchev–Trinajstić information content (AvgIpc) is 3.25. The molecule has 1 saturated heterocycles. The Bertz CT molecular complexity index is 938. The monoisotopic (exact) mass is 364 g/mol. The maximum absolute atomic E-state index is 12.2. The van der Waals surface area contributed by atoms with E-state index in [1.165, 1.54) is 0 Å². The molecule has 0 radical (unpaired) electrons. The normalized spacial score (nSPS) is 18.0. The predicted molar refractivity (Wildman–Crippen MR) is 96.3 cm³/mol. The Morgan fingerprint density at radius 1 is 1.07 bits per heavy atom. The van der Waals surface area contributed by atoms with Crippen LogP contribution in [-0.4, -0.2) is 49.0 Å². The minimum atomic E-state index is 0.242. The van der Waals surface area contributed by atoms with Gasteiger partial charge >= 0.3 is 0 Å². The Morgan fingerprint density at radius 2 is 1.85 bits per heavy atom. The summed E-state index contributed by atoms with van der Waals surface area (Å²) in [5, 5.41) is 12.5. The van der Waals surface area contributed by atoms with Crippen LogP contribution in [0, 0.1) is 5.92 Å². The quantitative estimate of drug-likeness (QED) is 0.707. The van der Waals surface area contributed by atoms with Crippen LogP contribution in [0.3, 0.4) is 0 Å². The number of piperidine rings is 1. The molecule has 0 N–H and O–H groups in total. The highest BCUT2D eigenvalue weighted by atomic mass is 16.5. The third kappa shape index (κ3) is 3.22. The molecule has 1 amide bonds. The molecule has 1 aliphatic carbocycles. The largest absolute Gasteiger partial charge is 0.342 e. The summed E-state index contributed by atoms with van der Waals surface area (Å²) in [5.41, 5.74) is 1.47. The van der Waals surface area contributed by atoms with Crippen LogP contribution in [-0.2, 0) is 4.79 Å². The number of likely N-dealkylation sites (tertiary alicyclic amines) is 1. The number of nitrogens with zero attached hydrogens (tertiary/aromatic N) is 6. The van der Waals surface area contributed by atoms with E-state index in [0.29, 0.717) is 23.3 Å². The average molecular weight is 364 g/mol. The highest BCUT2D eigenvalue weighted by Crippen LogP contribution is 2.33. The van der Waals surface area contributed by atoms with E-state index in [9.17, 15) is 4.79 Å². The lowest BCUT2D eigenvalue weighted by Gasteiger charge is -2.31. The van der Waals surface area contributed by atoms with Gasteiger partial charge in [0.25, 0.3) is 5.89 Å². The fraction of sp³-hybridized carbons (Fsp3) is 0.421. The molecule has 3 aromatic rings. The first-order valence-corrected chi connectivity index (χ1v) is 9.38. The molecule has 5 rings (SSSR count). The van der Waals surface area contributed by atoms with Gasteiger partial charge in [0.2, 0.25) is 11.7 Å². The van der Waals surface area contributed by atoms with E-state index in [4.69, 9.17) is 4.52 Å². The third-order valence-corrected chi connectivity index (χ3v) is 5.26. The number of rotatable bonds is 4. The maximum atomic E-state index is 12.2. The summed E-state index contributed by atoms with van der Waals surface area (Å²) in [4.78, 5) is 18.6. The van der Waals surface area contributed by atoms with Crippen LogP contribution in [0.25, 0.3) is 23.0 Å². The Balaban J connectivity index is 1.27. The molecule has 1 saturated carbocycles. The molecule has 8 heteroatoms. The van der Waals surface area contributed by atoms with Crippen molar-refractivity contribution in [3.05, 3.63) is 36.5 Å². The Morgan fingerprint density at radius 3 is 2.59 bits per heavy atom. The molecule has 0 unspecified atom stereocenters. The van der Waals surface area contributed by atoms with Gasteiger partial charge in [0.05, 0.1) is 12.2 Å². The van der Waals surface area contributed by atoms with Crippen LogP contribution < -0.4 is 0 Å². The number of hydrogen-bond donors (Lipinski definition) is 0. The van der Waals surface area contributed by atoms with E-state index in [0.717, 1.165) is 44.3 Å². The van der Waals surface area contributed by atoms with E-state index in [1.54, 1.807) is 0 Å². The van der Waals surface area contributed by atoms with Gasteiger partial charge in [-0.2, -0.15) is 4.98 Å². The molecule has 2 aliphatic rings. The molecule has 3 heterocycles. The van der Waals surface area contributed by atoms with Gasteiger partial charge in [-0.15, -0.1) is 5.10 Å². The van der Waals surface area contributed by atoms with Crippen LogP contribution >= 0.6 is 0 Å². The molecule has 0 bridgehead atoms. The van der Waals surface area contributed by atoms with Crippen molar-refractivity contribution in [2.45, 2.75) is 31.7 Å². The molecule has 0 atom stereocenters. The lowest BCUT2D eigenvalue weighted by Crippen LogP contribution is -2.39. The van der Waals surface area contributed by atoms with Gasteiger partial charge in [0, 0.05) is 24.6 Å². The molecule has 2 fully saturated rings. The van der Waals surface area contributed by atoms with Crippen molar-refractivity contribution in [3.63, 3.8) is 0 Å². The maximum Gasteiger partial charge on any atom is 0.280 e. The topological polar surface area (TPSA) is 89.9 Å². The second-order valence-electron chi connectivity index (χ2n) is 7.20. The van der Waals surface area contributed by atoms with Gasteiger partial charge in [0.15, 0.2) is 5.69 Å². The number of amides is 1. The zero-order valence-electron chi connectivity index (χ0n) is 14.9. The van der Waals surface area contributed by atoms with Gasteiger partial charge in [-0.25, -0.2) is 4.68 Å². The van der Waals surface area contributed by atoms with Crippen molar-refractivity contribution < 1.29 is 9.32 Å². The molecular formula is C19H20N6O2. The van der Waals surface area contributed by atoms with Crippen molar-refractivity contribution in [1.29, 1.82) is 0 Å². The van der Waals surface area contributed by atoms with E-state index >= 15 is 0 Å². The van der Waals surface area contributed by atoms with Crippen LogP contribution in [0.5, 0.6) is 0 Å². The van der Waals surface area contributed by atoms with Gasteiger partial charge < -0.3 is 9.42 Å². The summed E-state index contributed by atoms with van der Waals surface area (Å²) in [7, 11) is 0. The van der Waals surface area contributed by atoms with E-state index < -0.39 is 0 Å². The highest BCUT2D eigenvalue weighted by molar-refractivity contribution is 5.81. The number of carbonyl (C=O) groups is 1. The minimum Gasteiger partial charge on any atom is -0.342 e. The number of carbonyl (C=O) groups excluding carboxylic acids is 1. The summed E-state index contributed by atoms with van der Waals surface area (Å²) in [6, 6.07) is 9.92. The van der Waals surface area contributed by atoms with Crippen molar-refractivity contribution in [3.8, 4) is 23.0 Å². The fourth-order valence-corrected chi connectivity index (χ4v) is 3.52. The second-order valence-corrected chi connectivity index (χ2v) is 7.20. The molecule has 27 heavy (non-hydrogen) atoms. The minimum absolute atomic E-state index is 0.242. The van der Waals surface area contributed by atoms with Crippen LogP contribution in [0.4, 0.5) is 0 Å². The standard InChI is InChI=1S/C19H20N6O2/c26-19(14-6-7-14)24-10-8-15(9-11-24)25-12-16(21-23-25)18-20-17(22-27-18)13-4-2-1-3-5-13/h1-5,12,14-15H,6-11H2. The van der Waals surface area contributed by atoms with Crippen molar-refractivity contribution in [2.24, 2.45) is 5.92 Å². The van der Waals surface area contributed by atoms with Crippen LogP contribution in [0.15, 0.2) is 41.1 Å². The van der Waals surface area contributed by atoms with E-state index in [-0.39, 0.29) is 12.0 Å². The first kappa shape index (κ1) is 16.2. The summed E-state index contributed by atoms with van der Waals surface area (Å²) < 4.78 is 7.22. The Labute approximate surface area is 156 Å². The molecule has 1 aliphatic heterocycles. The summed E-state index contributed by atoms with van der Waals surface area (Å²) in [5.74, 6) is 1.51. The highest BCUT2D eigenvalue weighted by Gasteiger charge is 2.35. The van der Waals surface area contributed by atoms with E-state index in [1.807, 2.05) is 46.1 Å². The first-order valence-electron chi connectivity index (χ1n) is 9.38. The van der Waals surface area contributed by atoms with Gasteiger partial charge in [-0.05, 0) is 25.7 Å². The molecule has 1 aromatic carbocycles. The summed E-state index contributed by atoms with van der Waals surface area (Å²) in [6.45, 7) is 1.57. The van der Waals surface area contributed by atoms with Gasteiger partial charge in [0.1, 0.15) is 0 Å². The van der Waals surface area contributed by atoms with Crippen molar-refractivity contribution in [1.82, 2.24) is 30.0 Å². The fourth-order valence-electron chi connectivity index (χ4n) is 3.52. The Kier molecular flexibility index (Phi) is 3.95. The lowest BCUT2D eigenvalue weighted by atomic mass is 10.0. The molecule has 2 aromatic heterocycles. The summed E-state index contributed by atoms with van der Waals surface area (Å²) in [6.07, 6.45) is 5.74. The SMILES string of the molecule is O=C(C1CC1)N1CCC(n2cc(-c3nc(-c4ccccc4)no3)nn2)CC1. The molecule has 0 spiro atoms. The van der Waals surface area contributed by atoms with Crippen molar-refractivity contribution >= 4 is 5.91 Å². The number of hydrogen-bond acceptors (Lipinski definition) is 6. The second kappa shape index (κ2) is 6.61. The zero-order chi connectivity index (χ0) is 18.2. The van der Waals surface area contributed by atoms with Crippen molar-refractivity contribution in [2.75, 3.05) is 13.1 Å². The summed E-state index contributed by atoms with van der Waals surface area (Å²) >= 11 is 0. The lowest BCUT2D eigenvalue weighted by molar-refractivity contribution is -0.133. The predicted octanol–water partition coefficient (Wildman–Crippen LogP) is 2.57. The first-order chi connectivity index (χ1) is 13.3. The van der Waals surface area contributed by atoms with Crippen LogP contribution in [0.2, 0.25) is 0 Å². The molecule has 8 nitrogen and oxygen atoms in total. The Hall–Kier alpha value is -3.03. The zero-order valence-corrected chi connectivity index (χ0v) is 14.9.